The molecule has 2 aromatic carbocycles. The maximum atomic E-state index is 6.14. The molecule has 2 heteroatoms. The second kappa shape index (κ2) is 5.24. The highest BCUT2D eigenvalue weighted by Gasteiger charge is 2.09. The van der Waals surface area contributed by atoms with E-state index in [1.165, 1.54) is 0 Å². The molecule has 0 aliphatic rings. The molecule has 0 aliphatic carbocycles. The molecule has 0 saturated carbocycles. The molecule has 1 atom stereocenters. The molecule has 1 nitrogen and oxygen atoms in total. The van der Waals surface area contributed by atoms with Crippen LogP contribution in [-0.2, 0) is 0 Å². The van der Waals surface area contributed by atoms with Gasteiger partial charge < -0.3 is 4.74 Å². The van der Waals surface area contributed by atoms with Gasteiger partial charge in [-0.1, -0.05) is 48.0 Å². The molecular weight excluding hydrogens is 232 g/mol. The standard InChI is InChI=1S/C15H15ClO/c1-11-8-9-15(14(16)10-11)17-12(2)13-6-4-3-5-7-13/h3-10,12H,1-2H3. The molecule has 0 heterocycles. The zero-order valence-electron chi connectivity index (χ0n) is 9.98. The van der Waals surface area contributed by atoms with Gasteiger partial charge in [0, 0.05) is 0 Å². The number of hydrogen-bond acceptors (Lipinski definition) is 1. The van der Waals surface area contributed by atoms with Crippen LogP contribution in [0.25, 0.3) is 0 Å². The zero-order chi connectivity index (χ0) is 12.3. The Hall–Kier alpha value is -1.47. The smallest absolute Gasteiger partial charge is 0.138 e. The van der Waals surface area contributed by atoms with Crippen LogP contribution in [0.3, 0.4) is 0 Å². The highest BCUT2D eigenvalue weighted by Crippen LogP contribution is 2.29. The van der Waals surface area contributed by atoms with Crippen LogP contribution >= 0.6 is 11.6 Å². The third kappa shape index (κ3) is 3.01. The van der Waals surface area contributed by atoms with Crippen molar-refractivity contribution < 1.29 is 4.74 Å². The minimum atomic E-state index is -0.00333. The van der Waals surface area contributed by atoms with Gasteiger partial charge in [0.2, 0.25) is 0 Å². The van der Waals surface area contributed by atoms with E-state index in [9.17, 15) is 0 Å². The lowest BCUT2D eigenvalue weighted by Gasteiger charge is -2.16. The van der Waals surface area contributed by atoms with Crippen LogP contribution in [-0.4, -0.2) is 0 Å². The SMILES string of the molecule is Cc1ccc(OC(C)c2ccccc2)c(Cl)c1. The van der Waals surface area contributed by atoms with Gasteiger partial charge in [-0.3, -0.25) is 0 Å². The Balaban J connectivity index is 2.16. The van der Waals surface area contributed by atoms with Crippen molar-refractivity contribution in [2.24, 2.45) is 0 Å². The fourth-order valence-electron chi connectivity index (χ4n) is 1.68. The van der Waals surface area contributed by atoms with Crippen LogP contribution in [0.15, 0.2) is 48.5 Å². The van der Waals surface area contributed by atoms with Crippen molar-refractivity contribution in [1.82, 2.24) is 0 Å². The molecule has 0 aromatic heterocycles. The van der Waals surface area contributed by atoms with Gasteiger partial charge in [-0.05, 0) is 37.1 Å². The Bertz CT molecular complexity index is 494. The second-order valence-corrected chi connectivity index (χ2v) is 4.51. The highest BCUT2D eigenvalue weighted by atomic mass is 35.5. The summed E-state index contributed by atoms with van der Waals surface area (Å²) in [5, 5.41) is 0.660. The quantitative estimate of drug-likeness (QED) is 0.757. The number of aryl methyl sites for hydroxylation is 1. The van der Waals surface area contributed by atoms with Gasteiger partial charge in [0.1, 0.15) is 11.9 Å². The van der Waals surface area contributed by atoms with Gasteiger partial charge in [-0.2, -0.15) is 0 Å². The Morgan fingerprint density at radius 1 is 1.06 bits per heavy atom. The summed E-state index contributed by atoms with van der Waals surface area (Å²) in [6.07, 6.45) is -0.00333. The van der Waals surface area contributed by atoms with E-state index in [4.69, 9.17) is 16.3 Å². The number of ether oxygens (including phenoxy) is 1. The maximum Gasteiger partial charge on any atom is 0.138 e. The molecule has 0 saturated heterocycles. The van der Waals surface area contributed by atoms with E-state index < -0.39 is 0 Å². The molecule has 0 fully saturated rings. The van der Waals surface area contributed by atoms with E-state index in [1.807, 2.05) is 62.4 Å². The summed E-state index contributed by atoms with van der Waals surface area (Å²) in [5.74, 6) is 0.730. The van der Waals surface area contributed by atoms with Crippen LogP contribution in [0.4, 0.5) is 0 Å². The molecule has 88 valence electrons. The first kappa shape index (κ1) is 12.0. The van der Waals surface area contributed by atoms with Gasteiger partial charge in [-0.25, -0.2) is 0 Å². The monoisotopic (exact) mass is 246 g/mol. The van der Waals surface area contributed by atoms with Gasteiger partial charge in [-0.15, -0.1) is 0 Å². The molecule has 2 aromatic rings. The zero-order valence-corrected chi connectivity index (χ0v) is 10.7. The third-order valence-corrected chi connectivity index (χ3v) is 2.96. The van der Waals surface area contributed by atoms with Gasteiger partial charge in [0.05, 0.1) is 5.02 Å². The molecule has 17 heavy (non-hydrogen) atoms. The third-order valence-electron chi connectivity index (χ3n) is 2.66. The first-order chi connectivity index (χ1) is 8.16. The van der Waals surface area contributed by atoms with E-state index in [0.29, 0.717) is 5.02 Å². The maximum absolute atomic E-state index is 6.14. The Labute approximate surface area is 107 Å². The van der Waals surface area contributed by atoms with E-state index >= 15 is 0 Å². The van der Waals surface area contributed by atoms with E-state index in [2.05, 4.69) is 0 Å². The number of halogens is 1. The molecule has 0 N–H and O–H groups in total. The van der Waals surface area contributed by atoms with E-state index in [0.717, 1.165) is 16.9 Å². The Kier molecular flexibility index (Phi) is 3.70. The molecule has 0 spiro atoms. The Morgan fingerprint density at radius 3 is 2.41 bits per heavy atom. The normalized spacial score (nSPS) is 12.2. The second-order valence-electron chi connectivity index (χ2n) is 4.10. The predicted molar refractivity (Wildman–Crippen MR) is 71.7 cm³/mol. The van der Waals surface area contributed by atoms with Crippen LogP contribution in [0.5, 0.6) is 5.75 Å². The van der Waals surface area contributed by atoms with Crippen molar-refractivity contribution in [3.05, 3.63) is 64.7 Å². The van der Waals surface area contributed by atoms with Crippen molar-refractivity contribution in [3.8, 4) is 5.75 Å². The van der Waals surface area contributed by atoms with Crippen LogP contribution in [0.2, 0.25) is 5.02 Å². The molecular formula is C15H15ClO. The number of hydrogen-bond donors (Lipinski definition) is 0. The summed E-state index contributed by atoms with van der Waals surface area (Å²) in [4.78, 5) is 0. The van der Waals surface area contributed by atoms with Crippen molar-refractivity contribution in [3.63, 3.8) is 0 Å². The summed E-state index contributed by atoms with van der Waals surface area (Å²) in [5.41, 5.74) is 2.28. The lowest BCUT2D eigenvalue weighted by molar-refractivity contribution is 0.227. The van der Waals surface area contributed by atoms with Crippen molar-refractivity contribution in [2.45, 2.75) is 20.0 Å². The first-order valence-electron chi connectivity index (χ1n) is 5.64. The lowest BCUT2D eigenvalue weighted by Crippen LogP contribution is -2.03. The van der Waals surface area contributed by atoms with Crippen molar-refractivity contribution in [2.75, 3.05) is 0 Å². The summed E-state index contributed by atoms with van der Waals surface area (Å²) >= 11 is 6.14. The highest BCUT2D eigenvalue weighted by molar-refractivity contribution is 6.32. The molecule has 0 bridgehead atoms. The largest absolute Gasteiger partial charge is 0.484 e. The topological polar surface area (TPSA) is 9.23 Å². The molecule has 0 amide bonds. The minimum Gasteiger partial charge on any atom is -0.484 e. The van der Waals surface area contributed by atoms with Gasteiger partial charge in [0.15, 0.2) is 0 Å². The lowest BCUT2D eigenvalue weighted by atomic mass is 10.1. The number of rotatable bonds is 3. The average molecular weight is 247 g/mol. The van der Waals surface area contributed by atoms with Crippen LogP contribution in [0.1, 0.15) is 24.2 Å². The minimum absolute atomic E-state index is 0.00333. The van der Waals surface area contributed by atoms with Gasteiger partial charge >= 0.3 is 0 Å². The van der Waals surface area contributed by atoms with E-state index in [-0.39, 0.29) is 6.10 Å². The van der Waals surface area contributed by atoms with Gasteiger partial charge in [0.25, 0.3) is 0 Å². The molecule has 0 radical (unpaired) electrons. The fourth-order valence-corrected chi connectivity index (χ4v) is 1.96. The number of benzene rings is 2. The van der Waals surface area contributed by atoms with Crippen LogP contribution in [0, 0.1) is 6.92 Å². The summed E-state index contributed by atoms with van der Waals surface area (Å²) in [7, 11) is 0. The van der Waals surface area contributed by atoms with Crippen molar-refractivity contribution >= 4 is 11.6 Å². The predicted octanol–water partition coefficient (Wildman–Crippen LogP) is 4.79. The average Bonchev–Trinajstić information content (AvgIpc) is 2.34. The fraction of sp³-hybridized carbons (Fsp3) is 0.200. The summed E-state index contributed by atoms with van der Waals surface area (Å²) < 4.78 is 5.85. The molecule has 1 unspecified atom stereocenters. The Morgan fingerprint density at radius 2 is 1.76 bits per heavy atom. The summed E-state index contributed by atoms with van der Waals surface area (Å²) in [6.45, 7) is 4.03. The van der Waals surface area contributed by atoms with E-state index in [1.54, 1.807) is 0 Å². The summed E-state index contributed by atoms with van der Waals surface area (Å²) in [6, 6.07) is 15.9. The van der Waals surface area contributed by atoms with Crippen LogP contribution < -0.4 is 4.74 Å². The first-order valence-corrected chi connectivity index (χ1v) is 6.02. The molecule has 0 aliphatic heterocycles. The molecule has 2 rings (SSSR count). The van der Waals surface area contributed by atoms with Crippen molar-refractivity contribution in [1.29, 1.82) is 0 Å².